The molecule has 0 saturated heterocycles. The maximum Gasteiger partial charge on any atom is 0.308 e. The molecule has 18 heavy (non-hydrogen) atoms. The van der Waals surface area contributed by atoms with Crippen LogP contribution in [0, 0.1) is 5.92 Å². The van der Waals surface area contributed by atoms with Crippen LogP contribution in [-0.2, 0) is 20.9 Å². The van der Waals surface area contributed by atoms with Gasteiger partial charge in [0.25, 0.3) is 0 Å². The summed E-state index contributed by atoms with van der Waals surface area (Å²) in [5.74, 6) is -0.0764. The first-order valence-electron chi connectivity index (χ1n) is 6.53. The largest absolute Gasteiger partial charge is 0.469 e. The van der Waals surface area contributed by atoms with E-state index in [1.54, 1.807) is 0 Å². The predicted molar refractivity (Wildman–Crippen MR) is 69.0 cm³/mol. The normalized spacial score (nSPS) is 23.6. The summed E-state index contributed by atoms with van der Waals surface area (Å²) >= 11 is 0. The zero-order chi connectivity index (χ0) is 12.8. The van der Waals surface area contributed by atoms with E-state index in [-0.39, 0.29) is 18.0 Å². The first-order chi connectivity index (χ1) is 8.79. The van der Waals surface area contributed by atoms with E-state index in [9.17, 15) is 4.79 Å². The Morgan fingerprint density at radius 2 is 2.06 bits per heavy atom. The van der Waals surface area contributed by atoms with Gasteiger partial charge in [-0.1, -0.05) is 36.8 Å². The first kappa shape index (κ1) is 13.1. The van der Waals surface area contributed by atoms with Gasteiger partial charge in [-0.05, 0) is 24.8 Å². The number of carbonyl (C=O) groups is 1. The Morgan fingerprint density at radius 3 is 2.78 bits per heavy atom. The van der Waals surface area contributed by atoms with E-state index < -0.39 is 0 Å². The monoisotopic (exact) mass is 248 g/mol. The Kier molecular flexibility index (Phi) is 4.76. The lowest BCUT2D eigenvalue weighted by molar-refractivity contribution is -0.148. The topological polar surface area (TPSA) is 35.5 Å². The molecular formula is C15H20O3. The number of ether oxygens (including phenoxy) is 2. The molecule has 0 aromatic heterocycles. The van der Waals surface area contributed by atoms with Gasteiger partial charge in [-0.25, -0.2) is 0 Å². The molecule has 1 saturated carbocycles. The quantitative estimate of drug-likeness (QED) is 0.768. The molecule has 0 radical (unpaired) electrons. The third-order valence-electron chi connectivity index (χ3n) is 3.49. The van der Waals surface area contributed by atoms with Gasteiger partial charge in [0.05, 0.1) is 25.7 Å². The van der Waals surface area contributed by atoms with Crippen molar-refractivity contribution >= 4 is 5.97 Å². The van der Waals surface area contributed by atoms with Crippen molar-refractivity contribution < 1.29 is 14.3 Å². The zero-order valence-electron chi connectivity index (χ0n) is 10.8. The summed E-state index contributed by atoms with van der Waals surface area (Å²) in [5, 5.41) is 0. The average Bonchev–Trinajstić information content (AvgIpc) is 2.45. The number of methoxy groups -OCH3 is 1. The van der Waals surface area contributed by atoms with Gasteiger partial charge in [-0.2, -0.15) is 0 Å². The minimum Gasteiger partial charge on any atom is -0.469 e. The van der Waals surface area contributed by atoms with E-state index in [0.29, 0.717) is 6.61 Å². The highest BCUT2D eigenvalue weighted by Crippen LogP contribution is 2.27. The van der Waals surface area contributed by atoms with Gasteiger partial charge in [0, 0.05) is 0 Å². The summed E-state index contributed by atoms with van der Waals surface area (Å²) in [6.45, 7) is 0.624. The molecule has 1 aromatic rings. The number of hydrogen-bond acceptors (Lipinski definition) is 3. The van der Waals surface area contributed by atoms with Gasteiger partial charge in [0.1, 0.15) is 0 Å². The number of carbonyl (C=O) groups excluding carboxylic acids is 1. The molecule has 1 aliphatic carbocycles. The van der Waals surface area contributed by atoms with Crippen molar-refractivity contribution in [2.45, 2.75) is 38.4 Å². The number of rotatable bonds is 4. The Labute approximate surface area is 108 Å². The van der Waals surface area contributed by atoms with E-state index in [2.05, 4.69) is 12.1 Å². The lowest BCUT2D eigenvalue weighted by Crippen LogP contribution is -2.28. The standard InChI is InChI=1S/C15H20O3/c1-17-15(16)13-8-5-9-14(10-13)18-11-12-6-3-2-4-7-12/h2-4,6-7,13-14H,5,8-11H2,1H3. The second-order valence-electron chi connectivity index (χ2n) is 4.81. The smallest absolute Gasteiger partial charge is 0.308 e. The molecule has 98 valence electrons. The number of esters is 1. The van der Waals surface area contributed by atoms with Crippen molar-refractivity contribution in [1.29, 1.82) is 0 Å². The van der Waals surface area contributed by atoms with E-state index in [1.807, 2.05) is 18.2 Å². The van der Waals surface area contributed by atoms with Gasteiger partial charge in [0.2, 0.25) is 0 Å². The molecule has 0 heterocycles. The van der Waals surface area contributed by atoms with Crippen molar-refractivity contribution in [2.75, 3.05) is 7.11 Å². The summed E-state index contributed by atoms with van der Waals surface area (Å²) < 4.78 is 10.7. The molecule has 1 aliphatic rings. The highest BCUT2D eigenvalue weighted by atomic mass is 16.5. The molecule has 1 aromatic carbocycles. The molecule has 1 fully saturated rings. The van der Waals surface area contributed by atoms with Gasteiger partial charge in [-0.15, -0.1) is 0 Å². The maximum atomic E-state index is 11.5. The first-order valence-corrected chi connectivity index (χ1v) is 6.53. The highest BCUT2D eigenvalue weighted by molar-refractivity contribution is 5.72. The molecule has 3 nitrogen and oxygen atoms in total. The second-order valence-corrected chi connectivity index (χ2v) is 4.81. The summed E-state index contributed by atoms with van der Waals surface area (Å²) in [7, 11) is 1.46. The summed E-state index contributed by atoms with van der Waals surface area (Å²) in [6, 6.07) is 10.1. The van der Waals surface area contributed by atoms with Crippen LogP contribution in [-0.4, -0.2) is 19.2 Å². The lowest BCUT2D eigenvalue weighted by atomic mass is 9.87. The molecule has 2 unspecified atom stereocenters. The SMILES string of the molecule is COC(=O)C1CCCC(OCc2ccccc2)C1. The molecule has 2 atom stereocenters. The van der Waals surface area contributed by atoms with Gasteiger partial charge < -0.3 is 9.47 Å². The fraction of sp³-hybridized carbons (Fsp3) is 0.533. The van der Waals surface area contributed by atoms with Crippen LogP contribution in [0.3, 0.4) is 0 Å². The summed E-state index contributed by atoms with van der Waals surface area (Å²) in [4.78, 5) is 11.5. The number of hydrogen-bond donors (Lipinski definition) is 0. The third kappa shape index (κ3) is 3.57. The zero-order valence-corrected chi connectivity index (χ0v) is 10.8. The van der Waals surface area contributed by atoms with Crippen molar-refractivity contribution in [3.8, 4) is 0 Å². The van der Waals surface area contributed by atoms with E-state index >= 15 is 0 Å². The molecular weight excluding hydrogens is 228 g/mol. The van der Waals surface area contributed by atoms with E-state index in [1.165, 1.54) is 12.7 Å². The Balaban J connectivity index is 1.81. The van der Waals surface area contributed by atoms with Gasteiger partial charge in [0.15, 0.2) is 0 Å². The molecule has 0 bridgehead atoms. The van der Waals surface area contributed by atoms with Crippen LogP contribution in [0.15, 0.2) is 30.3 Å². The number of benzene rings is 1. The van der Waals surface area contributed by atoms with Crippen LogP contribution in [0.5, 0.6) is 0 Å². The maximum absolute atomic E-state index is 11.5. The summed E-state index contributed by atoms with van der Waals surface area (Å²) in [5.41, 5.74) is 1.18. The van der Waals surface area contributed by atoms with Crippen LogP contribution in [0.1, 0.15) is 31.2 Å². The van der Waals surface area contributed by atoms with Crippen molar-refractivity contribution in [1.82, 2.24) is 0 Å². The van der Waals surface area contributed by atoms with Crippen molar-refractivity contribution in [3.05, 3.63) is 35.9 Å². The molecule has 0 N–H and O–H groups in total. The molecule has 2 rings (SSSR count). The van der Waals surface area contributed by atoms with E-state index in [4.69, 9.17) is 9.47 Å². The van der Waals surface area contributed by atoms with Gasteiger partial charge in [-0.3, -0.25) is 4.79 Å². The highest BCUT2D eigenvalue weighted by Gasteiger charge is 2.28. The fourth-order valence-electron chi connectivity index (χ4n) is 2.47. The third-order valence-corrected chi connectivity index (χ3v) is 3.49. The Morgan fingerprint density at radius 1 is 1.28 bits per heavy atom. The van der Waals surface area contributed by atoms with Crippen molar-refractivity contribution in [2.24, 2.45) is 5.92 Å². The van der Waals surface area contributed by atoms with Crippen LogP contribution in [0.2, 0.25) is 0 Å². The average molecular weight is 248 g/mol. The molecule has 0 amide bonds. The Bertz CT molecular complexity index is 375. The fourth-order valence-corrected chi connectivity index (χ4v) is 2.47. The molecule has 3 heteroatoms. The minimum absolute atomic E-state index is 0.0181. The van der Waals surface area contributed by atoms with Crippen LogP contribution >= 0.6 is 0 Å². The molecule has 0 aliphatic heterocycles. The van der Waals surface area contributed by atoms with E-state index in [0.717, 1.165) is 25.7 Å². The second kappa shape index (κ2) is 6.55. The summed E-state index contributed by atoms with van der Waals surface area (Å²) in [6.07, 6.45) is 3.99. The minimum atomic E-state index is -0.0944. The van der Waals surface area contributed by atoms with Crippen LogP contribution in [0.4, 0.5) is 0 Å². The predicted octanol–water partition coefficient (Wildman–Crippen LogP) is 2.94. The van der Waals surface area contributed by atoms with Gasteiger partial charge >= 0.3 is 5.97 Å². The van der Waals surface area contributed by atoms with Crippen molar-refractivity contribution in [3.63, 3.8) is 0 Å². The van der Waals surface area contributed by atoms with Crippen LogP contribution < -0.4 is 0 Å². The van der Waals surface area contributed by atoms with Crippen LogP contribution in [0.25, 0.3) is 0 Å². The molecule has 0 spiro atoms. The Hall–Kier alpha value is -1.35. The lowest BCUT2D eigenvalue weighted by Gasteiger charge is -2.27.